The Morgan fingerprint density at radius 3 is 2.48 bits per heavy atom. The van der Waals surface area contributed by atoms with E-state index in [0.29, 0.717) is 30.9 Å². The number of hydrogen-bond acceptors (Lipinski definition) is 4. The van der Waals surface area contributed by atoms with Gasteiger partial charge < -0.3 is 19.7 Å². The van der Waals surface area contributed by atoms with Gasteiger partial charge in [-0.3, -0.25) is 9.69 Å². The fourth-order valence-electron chi connectivity index (χ4n) is 4.10. The van der Waals surface area contributed by atoms with Crippen LogP contribution in [0.5, 0.6) is 11.5 Å². The summed E-state index contributed by atoms with van der Waals surface area (Å²) in [6.07, 6.45) is 0.899. The van der Waals surface area contributed by atoms with Gasteiger partial charge in [0.2, 0.25) is 6.79 Å². The van der Waals surface area contributed by atoms with Crippen LogP contribution in [0.1, 0.15) is 27.9 Å². The van der Waals surface area contributed by atoms with Gasteiger partial charge in [0.1, 0.15) is 0 Å². The van der Waals surface area contributed by atoms with Gasteiger partial charge in [0.15, 0.2) is 11.5 Å². The summed E-state index contributed by atoms with van der Waals surface area (Å²) in [6.45, 7) is 2.61. The van der Waals surface area contributed by atoms with E-state index in [0.717, 1.165) is 35.5 Å². The Hall–Kier alpha value is -4.00. The number of hydrogen-bond donors (Lipinski definition) is 1. The highest BCUT2D eigenvalue weighted by Gasteiger charge is 2.27. The Morgan fingerprint density at radius 1 is 0.879 bits per heavy atom. The molecule has 2 heterocycles. The summed E-state index contributed by atoms with van der Waals surface area (Å²) >= 11 is 0. The van der Waals surface area contributed by atoms with E-state index in [4.69, 9.17) is 9.47 Å². The first kappa shape index (κ1) is 20.9. The van der Waals surface area contributed by atoms with Crippen molar-refractivity contribution in [3.63, 3.8) is 0 Å². The number of benzene rings is 3. The smallest absolute Gasteiger partial charge is 0.324 e. The second kappa shape index (κ2) is 9.24. The molecule has 0 atom stereocenters. The van der Waals surface area contributed by atoms with Crippen LogP contribution in [0.2, 0.25) is 0 Å². The van der Waals surface area contributed by atoms with Crippen molar-refractivity contribution >= 4 is 17.6 Å². The van der Waals surface area contributed by atoms with E-state index in [1.807, 2.05) is 65.6 Å². The van der Waals surface area contributed by atoms with E-state index >= 15 is 0 Å². The van der Waals surface area contributed by atoms with Crippen molar-refractivity contribution in [1.29, 1.82) is 0 Å². The standard InChI is InChI=1S/C26H25N3O4/c30-25(27-16-20-7-12-23-24(15-20)33-18-32-23)21-8-10-22(11-9-21)29-14-4-13-28(26(29)31)17-19-5-2-1-3-6-19/h1-3,5-12,15H,4,13-14,16-18H2,(H,27,30). The molecule has 168 valence electrons. The Kier molecular flexibility index (Phi) is 5.85. The average Bonchev–Trinajstić information content (AvgIpc) is 3.33. The molecule has 2 aliphatic heterocycles. The number of amides is 3. The molecule has 0 aromatic heterocycles. The number of urea groups is 1. The van der Waals surface area contributed by atoms with Crippen LogP contribution in [0.25, 0.3) is 0 Å². The second-order valence-corrected chi connectivity index (χ2v) is 8.11. The Labute approximate surface area is 192 Å². The molecule has 0 saturated carbocycles. The highest BCUT2D eigenvalue weighted by atomic mass is 16.7. The van der Waals surface area contributed by atoms with Gasteiger partial charge in [0.05, 0.1) is 0 Å². The molecule has 0 unspecified atom stereocenters. The van der Waals surface area contributed by atoms with Crippen molar-refractivity contribution < 1.29 is 19.1 Å². The first-order chi connectivity index (χ1) is 16.2. The molecule has 0 spiro atoms. The Bertz CT molecular complexity index is 1150. The lowest BCUT2D eigenvalue weighted by Gasteiger charge is -2.35. The summed E-state index contributed by atoms with van der Waals surface area (Å²) in [6, 6.07) is 22.8. The van der Waals surface area contributed by atoms with Gasteiger partial charge in [-0.05, 0) is 53.9 Å². The topological polar surface area (TPSA) is 71.1 Å². The van der Waals surface area contributed by atoms with Crippen LogP contribution in [0.3, 0.4) is 0 Å². The SMILES string of the molecule is O=C(NCc1ccc2c(c1)OCO2)c1ccc(N2CCCN(Cc3ccccc3)C2=O)cc1. The van der Waals surface area contributed by atoms with Crippen LogP contribution >= 0.6 is 0 Å². The molecule has 2 aliphatic rings. The van der Waals surface area contributed by atoms with E-state index in [2.05, 4.69) is 5.32 Å². The number of rotatable bonds is 6. The zero-order chi connectivity index (χ0) is 22.6. The van der Waals surface area contributed by atoms with Crippen molar-refractivity contribution in [2.75, 3.05) is 24.8 Å². The summed E-state index contributed by atoms with van der Waals surface area (Å²) in [5.74, 6) is 1.24. The number of fused-ring (bicyclic) bond motifs is 1. The summed E-state index contributed by atoms with van der Waals surface area (Å²) < 4.78 is 10.7. The van der Waals surface area contributed by atoms with Crippen LogP contribution in [-0.4, -0.2) is 36.7 Å². The quantitative estimate of drug-likeness (QED) is 0.621. The molecule has 7 nitrogen and oxygen atoms in total. The van der Waals surface area contributed by atoms with E-state index < -0.39 is 0 Å². The van der Waals surface area contributed by atoms with Gasteiger partial charge >= 0.3 is 6.03 Å². The predicted molar refractivity (Wildman–Crippen MR) is 124 cm³/mol. The van der Waals surface area contributed by atoms with Gasteiger partial charge in [-0.15, -0.1) is 0 Å². The van der Waals surface area contributed by atoms with Crippen molar-refractivity contribution in [2.24, 2.45) is 0 Å². The molecular formula is C26H25N3O4. The fourth-order valence-corrected chi connectivity index (χ4v) is 4.10. The highest BCUT2D eigenvalue weighted by molar-refractivity contribution is 5.96. The molecule has 1 fully saturated rings. The lowest BCUT2D eigenvalue weighted by molar-refractivity contribution is 0.0951. The number of carbonyl (C=O) groups excluding carboxylic acids is 2. The first-order valence-corrected chi connectivity index (χ1v) is 11.0. The molecule has 0 radical (unpaired) electrons. The van der Waals surface area contributed by atoms with E-state index in [1.165, 1.54) is 0 Å². The third-order valence-electron chi connectivity index (χ3n) is 5.86. The summed E-state index contributed by atoms with van der Waals surface area (Å²) in [7, 11) is 0. The van der Waals surface area contributed by atoms with Gasteiger partial charge in [-0.25, -0.2) is 4.79 Å². The molecule has 3 amide bonds. The molecule has 3 aromatic rings. The van der Waals surface area contributed by atoms with E-state index in [9.17, 15) is 9.59 Å². The molecule has 3 aromatic carbocycles. The van der Waals surface area contributed by atoms with Crippen LogP contribution in [0.4, 0.5) is 10.5 Å². The first-order valence-electron chi connectivity index (χ1n) is 11.0. The number of ether oxygens (including phenoxy) is 2. The summed E-state index contributed by atoms with van der Waals surface area (Å²) in [4.78, 5) is 29.3. The minimum absolute atomic E-state index is 0.00915. The van der Waals surface area contributed by atoms with Gasteiger partial charge in [0, 0.05) is 37.4 Å². The maximum atomic E-state index is 13.0. The van der Waals surface area contributed by atoms with Crippen LogP contribution in [0.15, 0.2) is 72.8 Å². The fraction of sp³-hybridized carbons (Fsp3) is 0.231. The predicted octanol–water partition coefficient (Wildman–Crippen LogP) is 4.18. The molecule has 33 heavy (non-hydrogen) atoms. The zero-order valence-electron chi connectivity index (χ0n) is 18.2. The highest BCUT2D eigenvalue weighted by Crippen LogP contribution is 2.32. The molecular weight excluding hydrogens is 418 g/mol. The minimum atomic E-state index is -0.171. The maximum absolute atomic E-state index is 13.0. The van der Waals surface area contributed by atoms with Crippen LogP contribution in [-0.2, 0) is 13.1 Å². The van der Waals surface area contributed by atoms with Gasteiger partial charge in [-0.2, -0.15) is 0 Å². The lowest BCUT2D eigenvalue weighted by atomic mass is 10.1. The summed E-state index contributed by atoms with van der Waals surface area (Å²) in [5, 5.41) is 2.92. The zero-order valence-corrected chi connectivity index (χ0v) is 18.2. The third-order valence-corrected chi connectivity index (χ3v) is 5.86. The molecule has 0 aliphatic carbocycles. The monoisotopic (exact) mass is 443 g/mol. The number of nitrogens with one attached hydrogen (secondary N) is 1. The van der Waals surface area contributed by atoms with E-state index in [1.54, 1.807) is 17.0 Å². The third kappa shape index (κ3) is 4.62. The number of anilines is 1. The molecule has 0 bridgehead atoms. The van der Waals surface area contributed by atoms with Crippen LogP contribution in [0, 0.1) is 0 Å². The number of carbonyl (C=O) groups is 2. The van der Waals surface area contributed by atoms with Crippen LogP contribution < -0.4 is 19.7 Å². The second-order valence-electron chi connectivity index (χ2n) is 8.11. The van der Waals surface area contributed by atoms with Crippen molar-refractivity contribution in [3.05, 3.63) is 89.5 Å². The maximum Gasteiger partial charge on any atom is 0.324 e. The van der Waals surface area contributed by atoms with Crippen molar-refractivity contribution in [2.45, 2.75) is 19.5 Å². The number of nitrogens with zero attached hydrogens (tertiary/aromatic N) is 2. The molecule has 5 rings (SSSR count). The Morgan fingerprint density at radius 2 is 1.67 bits per heavy atom. The van der Waals surface area contributed by atoms with Gasteiger partial charge in [-0.1, -0.05) is 36.4 Å². The molecule has 1 saturated heterocycles. The minimum Gasteiger partial charge on any atom is -0.454 e. The van der Waals surface area contributed by atoms with Crippen molar-refractivity contribution in [3.8, 4) is 11.5 Å². The normalized spacial score (nSPS) is 15.0. The lowest BCUT2D eigenvalue weighted by Crippen LogP contribution is -2.49. The van der Waals surface area contributed by atoms with E-state index in [-0.39, 0.29) is 18.7 Å². The van der Waals surface area contributed by atoms with Crippen molar-refractivity contribution in [1.82, 2.24) is 10.2 Å². The Balaban J connectivity index is 1.20. The molecule has 7 heteroatoms. The average molecular weight is 444 g/mol. The largest absolute Gasteiger partial charge is 0.454 e. The molecule has 1 N–H and O–H groups in total. The van der Waals surface area contributed by atoms with Gasteiger partial charge in [0.25, 0.3) is 5.91 Å². The summed E-state index contributed by atoms with van der Waals surface area (Å²) in [5.41, 5.74) is 3.39.